The van der Waals surface area contributed by atoms with Crippen LogP contribution in [0.25, 0.3) is 0 Å². The van der Waals surface area contributed by atoms with Gasteiger partial charge in [0, 0.05) is 19.1 Å². The number of nitrogens with two attached hydrogens (primary N) is 1. The van der Waals surface area contributed by atoms with Gasteiger partial charge in [-0.05, 0) is 31.7 Å². The van der Waals surface area contributed by atoms with E-state index in [9.17, 15) is 5.11 Å². The predicted molar refractivity (Wildman–Crippen MR) is 59.0 cm³/mol. The molecule has 14 heavy (non-hydrogen) atoms. The Morgan fingerprint density at radius 3 is 2.29 bits per heavy atom. The second-order valence-electron chi connectivity index (χ2n) is 4.83. The highest BCUT2D eigenvalue weighted by atomic mass is 16.3. The van der Waals surface area contributed by atoms with Crippen molar-refractivity contribution in [2.75, 3.05) is 19.6 Å². The monoisotopic (exact) mass is 200 g/mol. The molecule has 0 amide bonds. The molecule has 1 saturated heterocycles. The topological polar surface area (TPSA) is 49.5 Å². The molecule has 0 aliphatic carbocycles. The molecule has 3 heteroatoms. The summed E-state index contributed by atoms with van der Waals surface area (Å²) in [5.74, 6) is 0.776. The molecule has 0 aromatic carbocycles. The van der Waals surface area contributed by atoms with Crippen LogP contribution in [0.5, 0.6) is 0 Å². The number of hydrogen-bond donors (Lipinski definition) is 2. The van der Waals surface area contributed by atoms with E-state index in [1.54, 1.807) is 0 Å². The molecule has 3 unspecified atom stereocenters. The van der Waals surface area contributed by atoms with Crippen molar-refractivity contribution in [3.8, 4) is 0 Å². The minimum atomic E-state index is -0.128. The molecule has 1 heterocycles. The Labute approximate surface area is 87.3 Å². The zero-order chi connectivity index (χ0) is 10.7. The molecular weight excluding hydrogens is 176 g/mol. The number of rotatable bonds is 3. The number of aliphatic hydroxyl groups is 1. The first kappa shape index (κ1) is 12.0. The van der Waals surface area contributed by atoms with Gasteiger partial charge in [0.2, 0.25) is 0 Å². The largest absolute Gasteiger partial charge is 0.392 e. The summed E-state index contributed by atoms with van der Waals surface area (Å²) in [4.78, 5) is 2.45. The van der Waals surface area contributed by atoms with Gasteiger partial charge in [0.25, 0.3) is 0 Å². The average molecular weight is 200 g/mol. The minimum absolute atomic E-state index is 0.128. The Morgan fingerprint density at radius 2 is 1.86 bits per heavy atom. The summed E-state index contributed by atoms with van der Waals surface area (Å²) in [7, 11) is 0. The molecular formula is C11H24N2O. The first-order valence-corrected chi connectivity index (χ1v) is 5.68. The lowest BCUT2D eigenvalue weighted by Gasteiger charge is -2.41. The third-order valence-corrected chi connectivity index (χ3v) is 3.42. The van der Waals surface area contributed by atoms with Crippen LogP contribution in [0.3, 0.4) is 0 Å². The quantitative estimate of drug-likeness (QED) is 0.704. The summed E-state index contributed by atoms with van der Waals surface area (Å²) in [5, 5.41) is 9.82. The molecule has 1 aliphatic rings. The SMILES string of the molecule is CC1CN(C(C)CCN)CC(C)C1O. The normalized spacial score (nSPS) is 37.1. The molecule has 0 saturated carbocycles. The van der Waals surface area contributed by atoms with Crippen LogP contribution < -0.4 is 5.73 Å². The number of likely N-dealkylation sites (tertiary alicyclic amines) is 1. The Hall–Kier alpha value is -0.120. The Bertz CT molecular complexity index is 163. The van der Waals surface area contributed by atoms with E-state index < -0.39 is 0 Å². The molecule has 3 atom stereocenters. The molecule has 0 bridgehead atoms. The van der Waals surface area contributed by atoms with Gasteiger partial charge in [-0.15, -0.1) is 0 Å². The van der Waals surface area contributed by atoms with Gasteiger partial charge in [-0.2, -0.15) is 0 Å². The summed E-state index contributed by atoms with van der Waals surface area (Å²) >= 11 is 0. The van der Waals surface area contributed by atoms with Crippen molar-refractivity contribution >= 4 is 0 Å². The van der Waals surface area contributed by atoms with Crippen molar-refractivity contribution in [2.45, 2.75) is 39.3 Å². The van der Waals surface area contributed by atoms with E-state index in [1.807, 2.05) is 0 Å². The fraction of sp³-hybridized carbons (Fsp3) is 1.00. The lowest BCUT2D eigenvalue weighted by Crippen LogP contribution is -2.50. The molecule has 1 rings (SSSR count). The van der Waals surface area contributed by atoms with Gasteiger partial charge < -0.3 is 10.8 Å². The first-order valence-electron chi connectivity index (χ1n) is 5.68. The summed E-state index contributed by atoms with van der Waals surface area (Å²) in [5.41, 5.74) is 5.56. The lowest BCUT2D eigenvalue weighted by molar-refractivity contribution is -0.0212. The van der Waals surface area contributed by atoms with Crippen LogP contribution in [0, 0.1) is 11.8 Å². The van der Waals surface area contributed by atoms with E-state index >= 15 is 0 Å². The van der Waals surface area contributed by atoms with Gasteiger partial charge in [-0.1, -0.05) is 13.8 Å². The molecule has 0 aromatic heterocycles. The number of nitrogens with zero attached hydrogens (tertiary/aromatic N) is 1. The predicted octanol–water partition coefficient (Wildman–Crippen LogP) is 0.672. The van der Waals surface area contributed by atoms with Gasteiger partial charge >= 0.3 is 0 Å². The van der Waals surface area contributed by atoms with E-state index in [-0.39, 0.29) is 6.10 Å². The zero-order valence-corrected chi connectivity index (χ0v) is 9.61. The number of hydrogen-bond acceptors (Lipinski definition) is 3. The highest BCUT2D eigenvalue weighted by Gasteiger charge is 2.31. The number of piperidine rings is 1. The van der Waals surface area contributed by atoms with E-state index in [1.165, 1.54) is 0 Å². The summed E-state index contributed by atoms with van der Waals surface area (Å²) in [6, 6.07) is 0.553. The first-order chi connectivity index (χ1) is 6.56. The Kier molecular flexibility index (Phi) is 4.35. The molecule has 84 valence electrons. The maximum Gasteiger partial charge on any atom is 0.0615 e. The molecule has 3 N–H and O–H groups in total. The van der Waals surface area contributed by atoms with E-state index in [4.69, 9.17) is 5.73 Å². The van der Waals surface area contributed by atoms with E-state index in [2.05, 4.69) is 25.7 Å². The smallest absolute Gasteiger partial charge is 0.0615 e. The van der Waals surface area contributed by atoms with Crippen LogP contribution in [0.2, 0.25) is 0 Å². The van der Waals surface area contributed by atoms with Crippen LogP contribution >= 0.6 is 0 Å². The summed E-state index contributed by atoms with van der Waals surface area (Å²) < 4.78 is 0. The van der Waals surface area contributed by atoms with Gasteiger partial charge in [-0.3, -0.25) is 4.90 Å². The van der Waals surface area contributed by atoms with Gasteiger partial charge in [0.05, 0.1) is 6.10 Å². The van der Waals surface area contributed by atoms with E-state index in [0.29, 0.717) is 17.9 Å². The third kappa shape index (κ3) is 2.69. The average Bonchev–Trinajstić information content (AvgIpc) is 2.13. The zero-order valence-electron chi connectivity index (χ0n) is 9.61. The second kappa shape index (κ2) is 5.10. The van der Waals surface area contributed by atoms with Crippen molar-refractivity contribution in [1.82, 2.24) is 4.90 Å². The molecule has 3 nitrogen and oxygen atoms in total. The van der Waals surface area contributed by atoms with Crippen LogP contribution in [0.15, 0.2) is 0 Å². The molecule has 0 spiro atoms. The fourth-order valence-electron chi connectivity index (χ4n) is 2.37. The Morgan fingerprint density at radius 1 is 1.36 bits per heavy atom. The van der Waals surface area contributed by atoms with E-state index in [0.717, 1.165) is 26.1 Å². The second-order valence-corrected chi connectivity index (χ2v) is 4.83. The maximum atomic E-state index is 9.82. The van der Waals surface area contributed by atoms with Gasteiger partial charge in [-0.25, -0.2) is 0 Å². The molecule has 1 aliphatic heterocycles. The summed E-state index contributed by atoms with van der Waals surface area (Å²) in [6.07, 6.45) is 0.923. The third-order valence-electron chi connectivity index (χ3n) is 3.42. The van der Waals surface area contributed by atoms with Crippen LogP contribution in [0.1, 0.15) is 27.2 Å². The standard InChI is InChI=1S/C11H24N2O/c1-8-6-13(10(3)4-5-12)7-9(2)11(8)14/h8-11,14H,4-7,12H2,1-3H3. The number of aliphatic hydroxyl groups excluding tert-OH is 1. The van der Waals surface area contributed by atoms with Crippen molar-refractivity contribution in [3.63, 3.8) is 0 Å². The fourth-order valence-corrected chi connectivity index (χ4v) is 2.37. The van der Waals surface area contributed by atoms with Crippen molar-refractivity contribution in [2.24, 2.45) is 17.6 Å². The van der Waals surface area contributed by atoms with Crippen molar-refractivity contribution in [1.29, 1.82) is 0 Å². The van der Waals surface area contributed by atoms with Crippen molar-refractivity contribution in [3.05, 3.63) is 0 Å². The highest BCUT2D eigenvalue weighted by Crippen LogP contribution is 2.23. The lowest BCUT2D eigenvalue weighted by atomic mass is 9.87. The molecule has 0 radical (unpaired) electrons. The van der Waals surface area contributed by atoms with Crippen LogP contribution in [0.4, 0.5) is 0 Å². The maximum absolute atomic E-state index is 9.82. The minimum Gasteiger partial charge on any atom is -0.392 e. The van der Waals surface area contributed by atoms with Crippen molar-refractivity contribution < 1.29 is 5.11 Å². The molecule has 1 fully saturated rings. The molecule has 0 aromatic rings. The van der Waals surface area contributed by atoms with Gasteiger partial charge in [0.1, 0.15) is 0 Å². The van der Waals surface area contributed by atoms with Crippen LogP contribution in [-0.2, 0) is 0 Å². The Balaban J connectivity index is 2.48. The van der Waals surface area contributed by atoms with Crippen LogP contribution in [-0.4, -0.2) is 41.8 Å². The van der Waals surface area contributed by atoms with Gasteiger partial charge in [0.15, 0.2) is 0 Å². The summed E-state index contributed by atoms with van der Waals surface area (Å²) in [6.45, 7) is 9.25. The highest BCUT2D eigenvalue weighted by molar-refractivity contribution is 4.84.